The minimum Gasteiger partial charge on any atom is -0.486 e. The van der Waals surface area contributed by atoms with Crippen LogP contribution in [0.3, 0.4) is 0 Å². The van der Waals surface area contributed by atoms with Gasteiger partial charge in [0.25, 0.3) is 11.8 Å². The molecule has 7 nitrogen and oxygen atoms in total. The highest BCUT2D eigenvalue weighted by atomic mass is 19.1. The molecular weight excluding hydrogens is 425 g/mol. The molecule has 0 radical (unpaired) electrons. The highest BCUT2D eigenvalue weighted by Gasteiger charge is 2.33. The molecule has 0 saturated carbocycles. The first kappa shape index (κ1) is 20.7. The van der Waals surface area contributed by atoms with Crippen LogP contribution in [-0.2, 0) is 4.79 Å². The molecule has 0 aliphatic carbocycles. The Hall–Kier alpha value is -4.20. The number of para-hydroxylation sites is 1. The van der Waals surface area contributed by atoms with Crippen molar-refractivity contribution in [3.05, 3.63) is 84.7 Å². The molecule has 0 N–H and O–H groups in total. The van der Waals surface area contributed by atoms with Crippen LogP contribution >= 0.6 is 0 Å². The van der Waals surface area contributed by atoms with Crippen molar-refractivity contribution in [3.63, 3.8) is 0 Å². The van der Waals surface area contributed by atoms with E-state index in [0.717, 1.165) is 5.56 Å². The summed E-state index contributed by atoms with van der Waals surface area (Å²) in [6, 6.07) is 22.6. The number of nitrogens with zero attached hydrogens (tertiary/aromatic N) is 3. The Bertz CT molecular complexity index is 1240. The van der Waals surface area contributed by atoms with Crippen LogP contribution in [0.2, 0.25) is 0 Å². The molecule has 0 atom stereocenters. The summed E-state index contributed by atoms with van der Waals surface area (Å²) >= 11 is 0. The van der Waals surface area contributed by atoms with Gasteiger partial charge in [0, 0.05) is 5.56 Å². The number of likely N-dealkylation sites (tertiary alicyclic amines) is 1. The van der Waals surface area contributed by atoms with E-state index < -0.39 is 0 Å². The van der Waals surface area contributed by atoms with Crippen molar-refractivity contribution >= 4 is 5.91 Å². The number of aromatic nitrogens is 2. The van der Waals surface area contributed by atoms with Crippen molar-refractivity contribution in [2.75, 3.05) is 19.7 Å². The topological polar surface area (TPSA) is 77.7 Å². The lowest BCUT2D eigenvalue weighted by molar-refractivity contribution is -0.142. The molecule has 5 rings (SSSR count). The first-order valence-corrected chi connectivity index (χ1v) is 10.5. The maximum absolute atomic E-state index is 13.0. The maximum Gasteiger partial charge on any atom is 0.262 e. The summed E-state index contributed by atoms with van der Waals surface area (Å²) in [4.78, 5) is 18.5. The molecule has 1 fully saturated rings. The van der Waals surface area contributed by atoms with Gasteiger partial charge in [-0.2, -0.15) is 4.98 Å². The second-order valence-corrected chi connectivity index (χ2v) is 7.57. The molecule has 0 spiro atoms. The van der Waals surface area contributed by atoms with Gasteiger partial charge in [-0.3, -0.25) is 4.79 Å². The van der Waals surface area contributed by atoms with Crippen molar-refractivity contribution in [1.82, 2.24) is 15.0 Å². The van der Waals surface area contributed by atoms with Crippen LogP contribution in [0.15, 0.2) is 83.4 Å². The third-order valence-corrected chi connectivity index (χ3v) is 5.25. The summed E-state index contributed by atoms with van der Waals surface area (Å²) in [6.07, 6.45) is -0.155. The standard InChI is InChI=1S/C25H20FN3O4/c26-18-10-12-19(13-11-18)31-16-23(30)29-14-20(15-29)32-22-9-5-4-8-21(22)25-27-24(28-33-25)17-6-2-1-3-7-17/h1-13,20H,14-16H2. The summed E-state index contributed by atoms with van der Waals surface area (Å²) in [6.45, 7) is 0.775. The first-order chi connectivity index (χ1) is 16.2. The minimum absolute atomic E-state index is 0.112. The number of ether oxygens (including phenoxy) is 2. The lowest BCUT2D eigenvalue weighted by atomic mass is 10.1. The molecule has 1 aromatic heterocycles. The summed E-state index contributed by atoms with van der Waals surface area (Å²) in [7, 11) is 0. The van der Waals surface area contributed by atoms with Crippen LogP contribution in [0.1, 0.15) is 0 Å². The molecule has 2 heterocycles. The molecular formula is C25H20FN3O4. The van der Waals surface area contributed by atoms with Gasteiger partial charge < -0.3 is 18.9 Å². The number of hydrogen-bond donors (Lipinski definition) is 0. The average Bonchev–Trinajstić information content (AvgIpc) is 3.31. The zero-order valence-corrected chi connectivity index (χ0v) is 17.6. The monoisotopic (exact) mass is 445 g/mol. The van der Waals surface area contributed by atoms with Crippen molar-refractivity contribution in [2.24, 2.45) is 0 Å². The third kappa shape index (κ3) is 4.69. The van der Waals surface area contributed by atoms with E-state index in [9.17, 15) is 9.18 Å². The fraction of sp³-hybridized carbons (Fsp3) is 0.160. The van der Waals surface area contributed by atoms with E-state index in [2.05, 4.69) is 10.1 Å². The molecule has 1 saturated heterocycles. The number of amides is 1. The maximum atomic E-state index is 13.0. The van der Waals surface area contributed by atoms with Crippen LogP contribution in [0.25, 0.3) is 22.8 Å². The van der Waals surface area contributed by atoms with Gasteiger partial charge in [0.15, 0.2) is 6.61 Å². The molecule has 1 amide bonds. The Labute approximate surface area is 189 Å². The van der Waals surface area contributed by atoms with E-state index in [0.29, 0.717) is 41.9 Å². The van der Waals surface area contributed by atoms with Gasteiger partial charge in [0.2, 0.25) is 5.82 Å². The van der Waals surface area contributed by atoms with Crippen LogP contribution < -0.4 is 9.47 Å². The molecule has 166 valence electrons. The average molecular weight is 445 g/mol. The lowest BCUT2D eigenvalue weighted by Gasteiger charge is -2.39. The number of carbonyl (C=O) groups excluding carboxylic acids is 1. The molecule has 8 heteroatoms. The summed E-state index contributed by atoms with van der Waals surface area (Å²) in [5, 5.41) is 4.07. The highest BCUT2D eigenvalue weighted by molar-refractivity contribution is 5.78. The van der Waals surface area contributed by atoms with Crippen molar-refractivity contribution in [3.8, 4) is 34.3 Å². The Balaban J connectivity index is 1.18. The van der Waals surface area contributed by atoms with Crippen molar-refractivity contribution < 1.29 is 23.2 Å². The summed E-state index contributed by atoms with van der Waals surface area (Å²) in [5.41, 5.74) is 1.55. The SMILES string of the molecule is O=C(COc1ccc(F)cc1)N1CC(Oc2ccccc2-c2nc(-c3ccccc3)no2)C1. The van der Waals surface area contributed by atoms with Crippen LogP contribution in [0, 0.1) is 5.82 Å². The zero-order valence-electron chi connectivity index (χ0n) is 17.6. The van der Waals surface area contributed by atoms with Gasteiger partial charge in [-0.25, -0.2) is 4.39 Å². The first-order valence-electron chi connectivity index (χ1n) is 10.5. The van der Waals surface area contributed by atoms with E-state index in [1.807, 2.05) is 54.6 Å². The van der Waals surface area contributed by atoms with E-state index in [1.54, 1.807) is 4.90 Å². The smallest absolute Gasteiger partial charge is 0.262 e. The fourth-order valence-electron chi connectivity index (χ4n) is 3.45. The molecule has 1 aliphatic rings. The Morgan fingerprint density at radius 1 is 1.00 bits per heavy atom. The van der Waals surface area contributed by atoms with Crippen molar-refractivity contribution in [1.29, 1.82) is 0 Å². The summed E-state index contributed by atoms with van der Waals surface area (Å²) in [5.74, 6) is 1.42. The lowest BCUT2D eigenvalue weighted by Crippen LogP contribution is -2.57. The van der Waals surface area contributed by atoms with Crippen LogP contribution in [-0.4, -0.2) is 46.7 Å². The van der Waals surface area contributed by atoms with Gasteiger partial charge in [0.1, 0.15) is 23.4 Å². The second kappa shape index (κ2) is 9.12. The minimum atomic E-state index is -0.353. The van der Waals surface area contributed by atoms with Gasteiger partial charge in [0.05, 0.1) is 18.7 Å². The molecule has 0 unspecified atom stereocenters. The van der Waals surface area contributed by atoms with Crippen LogP contribution in [0.5, 0.6) is 11.5 Å². The third-order valence-electron chi connectivity index (χ3n) is 5.25. The van der Waals surface area contributed by atoms with Crippen LogP contribution in [0.4, 0.5) is 4.39 Å². The van der Waals surface area contributed by atoms with Gasteiger partial charge in [-0.05, 0) is 36.4 Å². The molecule has 3 aromatic carbocycles. The number of hydrogen-bond acceptors (Lipinski definition) is 6. The predicted molar refractivity (Wildman–Crippen MR) is 118 cm³/mol. The summed E-state index contributed by atoms with van der Waals surface area (Å²) < 4.78 is 30.0. The quantitative estimate of drug-likeness (QED) is 0.424. The fourth-order valence-corrected chi connectivity index (χ4v) is 3.45. The van der Waals surface area contributed by atoms with Gasteiger partial charge in [-0.1, -0.05) is 47.6 Å². The number of carbonyl (C=O) groups is 1. The number of halogens is 1. The van der Waals surface area contributed by atoms with E-state index in [4.69, 9.17) is 14.0 Å². The second-order valence-electron chi connectivity index (χ2n) is 7.57. The Morgan fingerprint density at radius 3 is 2.52 bits per heavy atom. The van der Waals surface area contributed by atoms with Gasteiger partial charge in [-0.15, -0.1) is 0 Å². The highest BCUT2D eigenvalue weighted by Crippen LogP contribution is 2.32. The number of rotatable bonds is 7. The predicted octanol–water partition coefficient (Wildman–Crippen LogP) is 4.21. The normalized spacial score (nSPS) is 13.4. The Morgan fingerprint density at radius 2 is 1.73 bits per heavy atom. The number of benzene rings is 3. The van der Waals surface area contributed by atoms with E-state index in [-0.39, 0.29) is 24.4 Å². The van der Waals surface area contributed by atoms with Crippen molar-refractivity contribution in [2.45, 2.75) is 6.10 Å². The zero-order chi connectivity index (χ0) is 22.6. The largest absolute Gasteiger partial charge is 0.486 e. The Kier molecular flexibility index (Phi) is 5.72. The molecule has 1 aliphatic heterocycles. The molecule has 0 bridgehead atoms. The van der Waals surface area contributed by atoms with E-state index >= 15 is 0 Å². The molecule has 33 heavy (non-hydrogen) atoms. The van der Waals surface area contributed by atoms with E-state index in [1.165, 1.54) is 24.3 Å². The van der Waals surface area contributed by atoms with Gasteiger partial charge >= 0.3 is 0 Å². The molecule has 4 aromatic rings.